The van der Waals surface area contributed by atoms with Gasteiger partial charge in [0.25, 0.3) is 5.91 Å². The Hall–Kier alpha value is -2.75. The van der Waals surface area contributed by atoms with E-state index in [4.69, 9.17) is 9.88 Å². The fourth-order valence-corrected chi connectivity index (χ4v) is 3.45. The number of benzene rings is 2. The lowest BCUT2D eigenvalue weighted by atomic mass is 10.2. The quantitative estimate of drug-likeness (QED) is 0.657. The molecule has 0 atom stereocenters. The normalized spacial score (nSPS) is 11.2. The number of nitrogens with two attached hydrogens (primary N) is 1. The predicted octanol–water partition coefficient (Wildman–Crippen LogP) is 2.93. The highest BCUT2D eigenvalue weighted by atomic mass is 32.2. The number of nitrogens with one attached hydrogen (secondary N) is 1. The number of amides is 1. The molecule has 3 aromatic rings. The summed E-state index contributed by atoms with van der Waals surface area (Å²) in [5, 5.41) is 10.6. The maximum atomic E-state index is 12.6. The molecule has 3 rings (SSSR count). The summed E-state index contributed by atoms with van der Waals surface area (Å²) in [6, 6.07) is 12.5. The molecule has 0 aliphatic heterocycles. The number of hydrogen-bond donors (Lipinski definition) is 2. The summed E-state index contributed by atoms with van der Waals surface area (Å²) in [6.45, 7) is 2.18. The molecule has 3 N–H and O–H groups in total. The van der Waals surface area contributed by atoms with Crippen molar-refractivity contribution in [3.8, 4) is 5.75 Å². The van der Waals surface area contributed by atoms with Gasteiger partial charge in [-0.2, -0.15) is 0 Å². The molecule has 7 nitrogen and oxygen atoms in total. The van der Waals surface area contributed by atoms with Crippen LogP contribution in [0.3, 0.4) is 0 Å². The predicted molar refractivity (Wildman–Crippen MR) is 103 cm³/mol. The van der Waals surface area contributed by atoms with Crippen LogP contribution in [-0.2, 0) is 16.6 Å². The molecule has 0 aliphatic carbocycles. The lowest BCUT2D eigenvalue weighted by Gasteiger charge is -2.11. The van der Waals surface area contributed by atoms with Crippen LogP contribution in [0.15, 0.2) is 58.8 Å². The zero-order valence-corrected chi connectivity index (χ0v) is 16.0. The number of primary sulfonamides is 1. The summed E-state index contributed by atoms with van der Waals surface area (Å²) in [4.78, 5) is 16.9. The standard InChI is InChI=1S/C18H17N3O4S2/c1-12-20-14(11-26-12)10-25-17-5-3-2-4-16(17)18(22)21-13-6-8-15(9-7-13)27(19,23)24/h2-9,11H,10H2,1H3,(H,21,22)(H2,19,23,24). The van der Waals surface area contributed by atoms with Gasteiger partial charge < -0.3 is 10.1 Å². The zero-order chi connectivity index (χ0) is 19.4. The van der Waals surface area contributed by atoms with Crippen molar-refractivity contribution in [1.82, 2.24) is 4.98 Å². The number of carbonyl (C=O) groups is 1. The van der Waals surface area contributed by atoms with E-state index in [1.54, 1.807) is 24.3 Å². The van der Waals surface area contributed by atoms with Gasteiger partial charge in [0.1, 0.15) is 12.4 Å². The monoisotopic (exact) mass is 403 g/mol. The maximum absolute atomic E-state index is 12.6. The Labute approximate surface area is 160 Å². The van der Waals surface area contributed by atoms with E-state index in [0.29, 0.717) is 17.0 Å². The number of ether oxygens (including phenoxy) is 1. The van der Waals surface area contributed by atoms with Gasteiger partial charge in [0.15, 0.2) is 0 Å². The van der Waals surface area contributed by atoms with Gasteiger partial charge in [-0.15, -0.1) is 11.3 Å². The molecule has 0 saturated heterocycles. The highest BCUT2D eigenvalue weighted by Crippen LogP contribution is 2.22. The molecule has 0 radical (unpaired) electrons. The summed E-state index contributed by atoms with van der Waals surface area (Å²) in [5.41, 5.74) is 1.60. The molecular formula is C18H17N3O4S2. The van der Waals surface area contributed by atoms with Crippen LogP contribution in [0.25, 0.3) is 0 Å². The number of carbonyl (C=O) groups excluding carboxylic acids is 1. The molecule has 0 fully saturated rings. The largest absolute Gasteiger partial charge is 0.486 e. The molecule has 1 aromatic heterocycles. The molecule has 1 heterocycles. The van der Waals surface area contributed by atoms with Crippen molar-refractivity contribution in [2.45, 2.75) is 18.4 Å². The number of nitrogens with zero attached hydrogens (tertiary/aromatic N) is 1. The Kier molecular flexibility index (Phi) is 5.54. The van der Waals surface area contributed by atoms with E-state index in [2.05, 4.69) is 10.3 Å². The minimum absolute atomic E-state index is 0.0252. The Bertz CT molecular complexity index is 1060. The van der Waals surface area contributed by atoms with E-state index >= 15 is 0 Å². The Morgan fingerprint density at radius 2 is 1.89 bits per heavy atom. The molecule has 1 amide bonds. The highest BCUT2D eigenvalue weighted by molar-refractivity contribution is 7.89. The minimum atomic E-state index is -3.78. The molecule has 27 heavy (non-hydrogen) atoms. The third-order valence-electron chi connectivity index (χ3n) is 3.61. The summed E-state index contributed by atoms with van der Waals surface area (Å²) in [5.74, 6) is 0.0604. The van der Waals surface area contributed by atoms with Crippen molar-refractivity contribution >= 4 is 33.0 Å². The fraction of sp³-hybridized carbons (Fsp3) is 0.111. The molecule has 0 saturated carbocycles. The van der Waals surface area contributed by atoms with Gasteiger partial charge in [0, 0.05) is 11.1 Å². The molecule has 9 heteroatoms. The third-order valence-corrected chi connectivity index (χ3v) is 5.37. The molecule has 0 spiro atoms. The van der Waals surface area contributed by atoms with Crippen molar-refractivity contribution in [1.29, 1.82) is 0 Å². The smallest absolute Gasteiger partial charge is 0.259 e. The van der Waals surface area contributed by atoms with E-state index in [0.717, 1.165) is 10.7 Å². The van der Waals surface area contributed by atoms with Gasteiger partial charge >= 0.3 is 0 Å². The fourth-order valence-electron chi connectivity index (χ4n) is 2.33. The Balaban J connectivity index is 1.73. The van der Waals surface area contributed by atoms with Crippen molar-refractivity contribution in [2.75, 3.05) is 5.32 Å². The van der Waals surface area contributed by atoms with Gasteiger partial charge in [-0.05, 0) is 43.3 Å². The van der Waals surface area contributed by atoms with Crippen molar-refractivity contribution in [3.63, 3.8) is 0 Å². The first kappa shape index (κ1) is 19.0. The summed E-state index contributed by atoms with van der Waals surface area (Å²) < 4.78 is 28.3. The Morgan fingerprint density at radius 1 is 1.19 bits per heavy atom. The summed E-state index contributed by atoms with van der Waals surface area (Å²) in [7, 11) is -3.78. The van der Waals surface area contributed by atoms with E-state index in [-0.39, 0.29) is 17.4 Å². The average molecular weight is 403 g/mol. The minimum Gasteiger partial charge on any atom is -0.486 e. The van der Waals surface area contributed by atoms with Crippen molar-refractivity contribution in [2.24, 2.45) is 5.14 Å². The SMILES string of the molecule is Cc1nc(COc2ccccc2C(=O)Nc2ccc(S(N)(=O)=O)cc2)cs1. The van der Waals surface area contributed by atoms with Crippen LogP contribution in [0.1, 0.15) is 21.1 Å². The number of para-hydroxylation sites is 1. The number of rotatable bonds is 6. The first-order valence-corrected chi connectivity index (χ1v) is 10.3. The van der Waals surface area contributed by atoms with Crippen LogP contribution in [0.5, 0.6) is 5.75 Å². The second-order valence-electron chi connectivity index (χ2n) is 5.67. The number of aryl methyl sites for hydroxylation is 1. The number of aromatic nitrogens is 1. The highest BCUT2D eigenvalue weighted by Gasteiger charge is 2.14. The van der Waals surface area contributed by atoms with Crippen LogP contribution < -0.4 is 15.2 Å². The van der Waals surface area contributed by atoms with E-state index in [1.165, 1.54) is 35.6 Å². The van der Waals surface area contributed by atoms with Crippen LogP contribution in [0.2, 0.25) is 0 Å². The zero-order valence-electron chi connectivity index (χ0n) is 14.4. The van der Waals surface area contributed by atoms with Crippen LogP contribution in [-0.4, -0.2) is 19.3 Å². The molecular weight excluding hydrogens is 386 g/mol. The van der Waals surface area contributed by atoms with Crippen molar-refractivity contribution in [3.05, 3.63) is 70.2 Å². The van der Waals surface area contributed by atoms with Gasteiger partial charge in [-0.3, -0.25) is 4.79 Å². The number of hydrogen-bond acceptors (Lipinski definition) is 6. The van der Waals surface area contributed by atoms with Crippen LogP contribution >= 0.6 is 11.3 Å². The number of sulfonamides is 1. The molecule has 140 valence electrons. The maximum Gasteiger partial charge on any atom is 0.259 e. The van der Waals surface area contributed by atoms with Gasteiger partial charge in [-0.1, -0.05) is 12.1 Å². The molecule has 2 aromatic carbocycles. The second-order valence-corrected chi connectivity index (χ2v) is 8.29. The molecule has 0 bridgehead atoms. The summed E-state index contributed by atoms with van der Waals surface area (Å²) in [6.07, 6.45) is 0. The van der Waals surface area contributed by atoms with Crippen LogP contribution in [0, 0.1) is 6.92 Å². The molecule has 0 unspecified atom stereocenters. The lowest BCUT2D eigenvalue weighted by Crippen LogP contribution is -2.15. The van der Waals surface area contributed by atoms with E-state index in [1.807, 2.05) is 12.3 Å². The second kappa shape index (κ2) is 7.87. The average Bonchev–Trinajstić information content (AvgIpc) is 3.05. The summed E-state index contributed by atoms with van der Waals surface area (Å²) >= 11 is 1.53. The lowest BCUT2D eigenvalue weighted by molar-refractivity contribution is 0.102. The van der Waals surface area contributed by atoms with Crippen LogP contribution in [0.4, 0.5) is 5.69 Å². The number of anilines is 1. The van der Waals surface area contributed by atoms with Crippen molar-refractivity contribution < 1.29 is 17.9 Å². The topological polar surface area (TPSA) is 111 Å². The number of thiazole rings is 1. The van der Waals surface area contributed by atoms with E-state index < -0.39 is 10.0 Å². The Morgan fingerprint density at radius 3 is 2.52 bits per heavy atom. The van der Waals surface area contributed by atoms with Gasteiger partial charge in [0.05, 0.1) is 21.2 Å². The van der Waals surface area contributed by atoms with Gasteiger partial charge in [0.2, 0.25) is 10.0 Å². The first-order chi connectivity index (χ1) is 12.8. The molecule has 0 aliphatic rings. The van der Waals surface area contributed by atoms with E-state index in [9.17, 15) is 13.2 Å². The first-order valence-electron chi connectivity index (χ1n) is 7.90. The van der Waals surface area contributed by atoms with Gasteiger partial charge in [-0.25, -0.2) is 18.5 Å². The third kappa shape index (κ3) is 4.91.